The molecule has 1 N–H and O–H groups in total. The molecule has 1 aliphatic carbocycles. The highest BCUT2D eigenvalue weighted by Crippen LogP contribution is 2.31. The lowest BCUT2D eigenvalue weighted by Gasteiger charge is -2.33. The lowest BCUT2D eigenvalue weighted by Crippen LogP contribution is -2.43. The zero-order valence-electron chi connectivity index (χ0n) is 11.9. The van der Waals surface area contributed by atoms with Crippen LogP contribution in [-0.4, -0.2) is 40.3 Å². The Morgan fingerprint density at radius 3 is 2.71 bits per heavy atom. The van der Waals surface area contributed by atoms with Crippen molar-refractivity contribution in [3.8, 4) is 0 Å². The predicted molar refractivity (Wildman–Crippen MR) is 85.8 cm³/mol. The van der Waals surface area contributed by atoms with E-state index in [-0.39, 0.29) is 0 Å². The molecule has 21 heavy (non-hydrogen) atoms. The van der Waals surface area contributed by atoms with E-state index in [4.69, 9.17) is 11.6 Å². The molecule has 0 spiro atoms. The van der Waals surface area contributed by atoms with Gasteiger partial charge in [0.15, 0.2) is 11.0 Å². The molecular weight excluding hydrogens is 284 g/mol. The van der Waals surface area contributed by atoms with Gasteiger partial charge in [0, 0.05) is 29.4 Å². The maximum Gasteiger partial charge on any atom is 0.159 e. The van der Waals surface area contributed by atoms with E-state index in [9.17, 15) is 0 Å². The Labute approximate surface area is 129 Å². The van der Waals surface area contributed by atoms with Crippen LogP contribution in [0.15, 0.2) is 24.3 Å². The SMILES string of the molecule is Clc1nnc(N[C@@H]2CCCN(C3CC3)C2)c2ccccc12. The van der Waals surface area contributed by atoms with E-state index >= 15 is 0 Å². The molecule has 2 aliphatic rings. The van der Waals surface area contributed by atoms with Gasteiger partial charge in [-0.15, -0.1) is 10.2 Å². The van der Waals surface area contributed by atoms with Crippen LogP contribution in [0.4, 0.5) is 5.82 Å². The third kappa shape index (κ3) is 2.70. The van der Waals surface area contributed by atoms with Crippen LogP contribution in [0.1, 0.15) is 25.7 Å². The predicted octanol–water partition coefficient (Wildman–Crippen LogP) is 3.32. The van der Waals surface area contributed by atoms with Crippen molar-refractivity contribution in [3.63, 3.8) is 0 Å². The first-order valence-corrected chi connectivity index (χ1v) is 8.10. The summed E-state index contributed by atoms with van der Waals surface area (Å²) in [6.45, 7) is 2.36. The van der Waals surface area contributed by atoms with Crippen molar-refractivity contribution in [2.45, 2.75) is 37.8 Å². The molecule has 110 valence electrons. The van der Waals surface area contributed by atoms with E-state index in [0.29, 0.717) is 11.2 Å². The minimum atomic E-state index is 0.457. The van der Waals surface area contributed by atoms with E-state index in [1.165, 1.54) is 32.2 Å². The first-order chi connectivity index (χ1) is 10.3. The van der Waals surface area contributed by atoms with Gasteiger partial charge in [0.05, 0.1) is 0 Å². The van der Waals surface area contributed by atoms with Crippen molar-refractivity contribution in [1.29, 1.82) is 0 Å². The Hall–Kier alpha value is -1.39. The Morgan fingerprint density at radius 2 is 1.90 bits per heavy atom. The molecule has 1 saturated heterocycles. The molecule has 5 heteroatoms. The third-order valence-corrected chi connectivity index (χ3v) is 4.78. The van der Waals surface area contributed by atoms with Crippen LogP contribution < -0.4 is 5.32 Å². The molecule has 0 unspecified atom stereocenters. The van der Waals surface area contributed by atoms with Crippen LogP contribution in [-0.2, 0) is 0 Å². The van der Waals surface area contributed by atoms with Gasteiger partial charge in [0.25, 0.3) is 0 Å². The van der Waals surface area contributed by atoms with Crippen molar-refractivity contribution in [2.24, 2.45) is 0 Å². The topological polar surface area (TPSA) is 41.1 Å². The van der Waals surface area contributed by atoms with Crippen LogP contribution >= 0.6 is 11.6 Å². The monoisotopic (exact) mass is 302 g/mol. The number of hydrogen-bond acceptors (Lipinski definition) is 4. The van der Waals surface area contributed by atoms with Crippen LogP contribution in [0.5, 0.6) is 0 Å². The molecule has 4 nitrogen and oxygen atoms in total. The van der Waals surface area contributed by atoms with Crippen LogP contribution in [0.3, 0.4) is 0 Å². The summed E-state index contributed by atoms with van der Waals surface area (Å²) in [6.07, 6.45) is 5.20. The second-order valence-electron chi connectivity index (χ2n) is 6.09. The number of nitrogens with one attached hydrogen (secondary N) is 1. The molecule has 2 aromatic rings. The fourth-order valence-electron chi connectivity index (χ4n) is 3.27. The lowest BCUT2D eigenvalue weighted by molar-refractivity contribution is 0.207. The molecule has 1 atom stereocenters. The molecule has 0 bridgehead atoms. The summed E-state index contributed by atoms with van der Waals surface area (Å²) in [5.41, 5.74) is 0. The Bertz CT molecular complexity index is 656. The van der Waals surface area contributed by atoms with Gasteiger partial charge in [0.2, 0.25) is 0 Å². The molecule has 1 aliphatic heterocycles. The third-order valence-electron chi connectivity index (χ3n) is 4.50. The van der Waals surface area contributed by atoms with E-state index in [2.05, 4.69) is 26.5 Å². The summed E-state index contributed by atoms with van der Waals surface area (Å²) in [6, 6.07) is 9.34. The van der Waals surface area contributed by atoms with Gasteiger partial charge < -0.3 is 5.32 Å². The first kappa shape index (κ1) is 13.3. The Kier molecular flexibility index (Phi) is 3.43. The van der Waals surface area contributed by atoms with Gasteiger partial charge in [0.1, 0.15) is 0 Å². The van der Waals surface area contributed by atoms with E-state index in [1.54, 1.807) is 0 Å². The number of likely N-dealkylation sites (tertiary alicyclic amines) is 1. The normalized spacial score (nSPS) is 23.4. The standard InChI is InChI=1S/C16H19ClN4/c17-15-13-5-1-2-6-14(13)16(20-19-15)18-11-4-3-9-21(10-11)12-7-8-12/h1-2,5-6,11-12H,3-4,7-10H2,(H,18,20)/t11-/m1/s1. The van der Waals surface area contributed by atoms with Crippen molar-refractivity contribution >= 4 is 28.2 Å². The lowest BCUT2D eigenvalue weighted by atomic mass is 10.1. The summed E-state index contributed by atoms with van der Waals surface area (Å²) in [5, 5.41) is 14.4. The molecule has 2 fully saturated rings. The van der Waals surface area contributed by atoms with Crippen LogP contribution in [0.25, 0.3) is 10.8 Å². The molecule has 2 heterocycles. The first-order valence-electron chi connectivity index (χ1n) is 7.73. The summed E-state index contributed by atoms with van der Waals surface area (Å²) in [4.78, 5) is 2.62. The summed E-state index contributed by atoms with van der Waals surface area (Å²) >= 11 is 6.14. The number of fused-ring (bicyclic) bond motifs is 1. The Balaban J connectivity index is 1.57. The van der Waals surface area contributed by atoms with Crippen molar-refractivity contribution in [3.05, 3.63) is 29.4 Å². The fraction of sp³-hybridized carbons (Fsp3) is 0.500. The van der Waals surface area contributed by atoms with Crippen molar-refractivity contribution in [2.75, 3.05) is 18.4 Å². The molecular formula is C16H19ClN4. The average molecular weight is 303 g/mol. The fourth-order valence-corrected chi connectivity index (χ4v) is 3.47. The molecule has 0 radical (unpaired) electrons. The zero-order chi connectivity index (χ0) is 14.2. The zero-order valence-corrected chi connectivity index (χ0v) is 12.7. The van der Waals surface area contributed by atoms with Gasteiger partial charge in [-0.05, 0) is 32.2 Å². The smallest absolute Gasteiger partial charge is 0.159 e. The number of anilines is 1. The molecule has 0 amide bonds. The maximum atomic E-state index is 6.14. The van der Waals surface area contributed by atoms with Crippen LogP contribution in [0.2, 0.25) is 5.15 Å². The average Bonchev–Trinajstić information content (AvgIpc) is 3.36. The molecule has 4 rings (SSSR count). The van der Waals surface area contributed by atoms with E-state index in [0.717, 1.165) is 29.2 Å². The van der Waals surface area contributed by atoms with Crippen LogP contribution in [0, 0.1) is 0 Å². The molecule has 1 aromatic heterocycles. The number of piperidine rings is 1. The second-order valence-corrected chi connectivity index (χ2v) is 6.45. The minimum absolute atomic E-state index is 0.457. The highest BCUT2D eigenvalue weighted by Gasteiger charge is 2.32. The van der Waals surface area contributed by atoms with Crippen molar-refractivity contribution in [1.82, 2.24) is 15.1 Å². The van der Waals surface area contributed by atoms with Crippen molar-refractivity contribution < 1.29 is 0 Å². The number of rotatable bonds is 3. The molecule has 1 aromatic carbocycles. The second kappa shape index (κ2) is 5.43. The molecule has 1 saturated carbocycles. The maximum absolute atomic E-state index is 6.14. The Morgan fingerprint density at radius 1 is 1.10 bits per heavy atom. The summed E-state index contributed by atoms with van der Waals surface area (Å²) < 4.78 is 0. The minimum Gasteiger partial charge on any atom is -0.364 e. The largest absolute Gasteiger partial charge is 0.364 e. The highest BCUT2D eigenvalue weighted by atomic mass is 35.5. The van der Waals surface area contributed by atoms with Gasteiger partial charge in [-0.2, -0.15) is 0 Å². The highest BCUT2D eigenvalue weighted by molar-refractivity contribution is 6.34. The summed E-state index contributed by atoms with van der Waals surface area (Å²) in [5.74, 6) is 0.859. The number of aromatic nitrogens is 2. The summed E-state index contributed by atoms with van der Waals surface area (Å²) in [7, 11) is 0. The van der Waals surface area contributed by atoms with Gasteiger partial charge in [-0.3, -0.25) is 4.90 Å². The number of halogens is 1. The van der Waals surface area contributed by atoms with E-state index < -0.39 is 0 Å². The van der Waals surface area contributed by atoms with Gasteiger partial charge in [-0.1, -0.05) is 35.9 Å². The number of nitrogens with zero attached hydrogens (tertiary/aromatic N) is 3. The number of hydrogen-bond donors (Lipinski definition) is 1. The van der Waals surface area contributed by atoms with E-state index in [1.807, 2.05) is 18.2 Å². The van der Waals surface area contributed by atoms with Gasteiger partial charge >= 0.3 is 0 Å². The van der Waals surface area contributed by atoms with Gasteiger partial charge in [-0.25, -0.2) is 0 Å². The quantitative estimate of drug-likeness (QED) is 0.944. The number of benzene rings is 1.